The number of aromatic nitrogens is 1. The van der Waals surface area contributed by atoms with Crippen LogP contribution in [-0.4, -0.2) is 18.0 Å². The summed E-state index contributed by atoms with van der Waals surface area (Å²) in [5.74, 6) is 0.458. The Labute approximate surface area is 114 Å². The van der Waals surface area contributed by atoms with Gasteiger partial charge in [-0.2, -0.15) is 0 Å². The van der Waals surface area contributed by atoms with Crippen molar-refractivity contribution in [1.82, 2.24) is 10.3 Å². The Morgan fingerprint density at radius 1 is 1.56 bits per heavy atom. The number of hydrogen-bond acceptors (Lipinski definition) is 5. The minimum atomic E-state index is -0.101. The molecule has 0 aliphatic rings. The molecule has 0 saturated carbocycles. The van der Waals surface area contributed by atoms with Crippen LogP contribution in [0.15, 0.2) is 34.7 Å². The van der Waals surface area contributed by atoms with Crippen molar-refractivity contribution in [2.75, 3.05) is 7.11 Å². The summed E-state index contributed by atoms with van der Waals surface area (Å²) in [7, 11) is 1.57. The summed E-state index contributed by atoms with van der Waals surface area (Å²) in [6.07, 6.45) is 1.68. The van der Waals surface area contributed by atoms with Crippen molar-refractivity contribution >= 4 is 29.9 Å². The van der Waals surface area contributed by atoms with Gasteiger partial charge in [0.05, 0.1) is 12.0 Å². The van der Waals surface area contributed by atoms with Crippen LogP contribution in [0, 0.1) is 0 Å². The standard InChI is InChI=1S/C12H12N2O2S2/c1-16-11-3-2-8(5-13-11)6-14-12(15)10-4-9(17)7-18-10/h2-5,7,17H,6H2,1H3,(H,14,15). The number of methoxy groups -OCH3 is 1. The number of amides is 1. The van der Waals surface area contributed by atoms with E-state index < -0.39 is 0 Å². The average Bonchev–Trinajstić information content (AvgIpc) is 2.83. The SMILES string of the molecule is COc1ccc(CNC(=O)c2cc(S)cs2)cn1. The third kappa shape index (κ3) is 3.24. The molecule has 2 aromatic rings. The molecule has 1 amide bonds. The fourth-order valence-corrected chi connectivity index (χ4v) is 2.42. The van der Waals surface area contributed by atoms with Gasteiger partial charge < -0.3 is 10.1 Å². The summed E-state index contributed by atoms with van der Waals surface area (Å²) in [5.41, 5.74) is 0.923. The van der Waals surface area contributed by atoms with Crippen LogP contribution in [0.2, 0.25) is 0 Å². The van der Waals surface area contributed by atoms with Crippen molar-refractivity contribution in [3.8, 4) is 5.88 Å². The molecule has 2 rings (SSSR count). The summed E-state index contributed by atoms with van der Waals surface area (Å²) in [6.45, 7) is 0.440. The van der Waals surface area contributed by atoms with E-state index in [1.165, 1.54) is 11.3 Å². The molecule has 0 saturated heterocycles. The molecule has 0 radical (unpaired) electrons. The van der Waals surface area contributed by atoms with E-state index in [4.69, 9.17) is 4.74 Å². The predicted molar refractivity (Wildman–Crippen MR) is 73.5 cm³/mol. The van der Waals surface area contributed by atoms with Gasteiger partial charge in [0.25, 0.3) is 5.91 Å². The molecular weight excluding hydrogens is 268 g/mol. The first kappa shape index (κ1) is 12.9. The van der Waals surface area contributed by atoms with E-state index in [-0.39, 0.29) is 5.91 Å². The zero-order chi connectivity index (χ0) is 13.0. The molecular formula is C12H12N2O2S2. The molecule has 4 nitrogen and oxygen atoms in total. The predicted octanol–water partition coefficient (Wildman–Crippen LogP) is 2.37. The smallest absolute Gasteiger partial charge is 0.261 e. The number of thiol groups is 1. The lowest BCUT2D eigenvalue weighted by Crippen LogP contribution is -2.21. The van der Waals surface area contributed by atoms with Crippen molar-refractivity contribution in [3.63, 3.8) is 0 Å². The van der Waals surface area contributed by atoms with E-state index in [0.29, 0.717) is 17.3 Å². The first-order chi connectivity index (χ1) is 8.69. The van der Waals surface area contributed by atoms with Crippen molar-refractivity contribution in [2.24, 2.45) is 0 Å². The third-order valence-electron chi connectivity index (χ3n) is 2.27. The maximum absolute atomic E-state index is 11.8. The van der Waals surface area contributed by atoms with Gasteiger partial charge in [0.2, 0.25) is 5.88 Å². The second-order valence-electron chi connectivity index (χ2n) is 3.56. The number of rotatable bonds is 4. The number of carbonyl (C=O) groups excluding carboxylic acids is 1. The number of hydrogen-bond donors (Lipinski definition) is 2. The molecule has 0 spiro atoms. The van der Waals surface area contributed by atoms with Crippen LogP contribution in [0.5, 0.6) is 5.88 Å². The largest absolute Gasteiger partial charge is 0.481 e. The van der Waals surface area contributed by atoms with Gasteiger partial charge in [0.1, 0.15) is 0 Å². The molecule has 0 aromatic carbocycles. The number of pyridine rings is 1. The molecule has 0 aliphatic heterocycles. The van der Waals surface area contributed by atoms with Crippen molar-refractivity contribution in [2.45, 2.75) is 11.4 Å². The van der Waals surface area contributed by atoms with E-state index in [9.17, 15) is 4.79 Å². The average molecular weight is 280 g/mol. The molecule has 0 unspecified atom stereocenters. The van der Waals surface area contributed by atoms with Gasteiger partial charge in [-0.25, -0.2) is 4.98 Å². The highest BCUT2D eigenvalue weighted by molar-refractivity contribution is 7.80. The molecule has 1 N–H and O–H groups in total. The molecule has 2 aromatic heterocycles. The molecule has 0 atom stereocenters. The van der Waals surface area contributed by atoms with Gasteiger partial charge in [0, 0.05) is 29.1 Å². The highest BCUT2D eigenvalue weighted by atomic mass is 32.1. The number of carbonyl (C=O) groups is 1. The van der Waals surface area contributed by atoms with Crippen molar-refractivity contribution in [3.05, 3.63) is 40.2 Å². The highest BCUT2D eigenvalue weighted by Gasteiger charge is 2.07. The molecule has 0 bridgehead atoms. The monoisotopic (exact) mass is 280 g/mol. The zero-order valence-electron chi connectivity index (χ0n) is 9.71. The summed E-state index contributed by atoms with van der Waals surface area (Å²) in [5, 5.41) is 4.65. The Kier molecular flexibility index (Phi) is 4.22. The zero-order valence-corrected chi connectivity index (χ0v) is 11.4. The Bertz CT molecular complexity index is 537. The van der Waals surface area contributed by atoms with Crippen LogP contribution in [0.4, 0.5) is 0 Å². The van der Waals surface area contributed by atoms with Crippen LogP contribution >= 0.6 is 24.0 Å². The lowest BCUT2D eigenvalue weighted by molar-refractivity contribution is 0.0955. The Balaban J connectivity index is 1.92. The van der Waals surface area contributed by atoms with Gasteiger partial charge in [0.15, 0.2) is 0 Å². The van der Waals surface area contributed by atoms with Crippen molar-refractivity contribution < 1.29 is 9.53 Å². The summed E-state index contributed by atoms with van der Waals surface area (Å²) < 4.78 is 4.96. The number of ether oxygens (including phenoxy) is 1. The summed E-state index contributed by atoms with van der Waals surface area (Å²) in [6, 6.07) is 5.37. The second-order valence-corrected chi connectivity index (χ2v) is 4.99. The Morgan fingerprint density at radius 2 is 2.39 bits per heavy atom. The quantitative estimate of drug-likeness (QED) is 0.845. The van der Waals surface area contributed by atoms with Crippen LogP contribution in [0.1, 0.15) is 15.2 Å². The number of thiophene rings is 1. The third-order valence-corrected chi connectivity index (χ3v) is 3.63. The molecule has 0 fully saturated rings. The van der Waals surface area contributed by atoms with Crippen molar-refractivity contribution in [1.29, 1.82) is 0 Å². The van der Waals surface area contributed by atoms with Gasteiger partial charge in [-0.05, 0) is 11.6 Å². The normalized spacial score (nSPS) is 10.1. The minimum absolute atomic E-state index is 0.101. The maximum Gasteiger partial charge on any atom is 0.261 e. The summed E-state index contributed by atoms with van der Waals surface area (Å²) in [4.78, 5) is 17.3. The minimum Gasteiger partial charge on any atom is -0.481 e. The lowest BCUT2D eigenvalue weighted by atomic mass is 10.3. The molecule has 6 heteroatoms. The van der Waals surface area contributed by atoms with Crippen LogP contribution < -0.4 is 10.1 Å². The summed E-state index contributed by atoms with van der Waals surface area (Å²) >= 11 is 5.54. The van der Waals surface area contributed by atoms with E-state index in [1.807, 2.05) is 11.4 Å². The molecule has 18 heavy (non-hydrogen) atoms. The maximum atomic E-state index is 11.8. The van der Waals surface area contributed by atoms with Crippen LogP contribution in [0.3, 0.4) is 0 Å². The molecule has 2 heterocycles. The van der Waals surface area contributed by atoms with Gasteiger partial charge in [-0.3, -0.25) is 4.79 Å². The van der Waals surface area contributed by atoms with E-state index in [2.05, 4.69) is 22.9 Å². The fourth-order valence-electron chi connectivity index (χ4n) is 1.35. The van der Waals surface area contributed by atoms with Gasteiger partial charge in [-0.15, -0.1) is 24.0 Å². The topological polar surface area (TPSA) is 51.2 Å². The molecule has 0 aliphatic carbocycles. The number of nitrogens with one attached hydrogen (secondary N) is 1. The van der Waals surface area contributed by atoms with Crippen LogP contribution in [-0.2, 0) is 6.54 Å². The molecule has 94 valence electrons. The van der Waals surface area contributed by atoms with Gasteiger partial charge in [-0.1, -0.05) is 6.07 Å². The highest BCUT2D eigenvalue weighted by Crippen LogP contribution is 2.17. The Hall–Kier alpha value is -1.53. The van der Waals surface area contributed by atoms with Gasteiger partial charge >= 0.3 is 0 Å². The van der Waals surface area contributed by atoms with E-state index >= 15 is 0 Å². The van der Waals surface area contributed by atoms with Crippen LogP contribution in [0.25, 0.3) is 0 Å². The second kappa shape index (κ2) is 5.88. The first-order valence-electron chi connectivity index (χ1n) is 5.23. The fraction of sp³-hybridized carbons (Fsp3) is 0.167. The number of nitrogens with zero attached hydrogens (tertiary/aromatic N) is 1. The first-order valence-corrected chi connectivity index (χ1v) is 6.56. The lowest BCUT2D eigenvalue weighted by Gasteiger charge is -2.04. The van der Waals surface area contributed by atoms with E-state index in [0.717, 1.165) is 10.5 Å². The Morgan fingerprint density at radius 3 is 2.94 bits per heavy atom. The van der Waals surface area contributed by atoms with E-state index in [1.54, 1.807) is 25.4 Å².